The van der Waals surface area contributed by atoms with Crippen molar-refractivity contribution in [2.24, 2.45) is 10.7 Å². The van der Waals surface area contributed by atoms with E-state index < -0.39 is 6.29 Å². The number of rotatable bonds is 6. The lowest BCUT2D eigenvalue weighted by Gasteiger charge is -2.34. The summed E-state index contributed by atoms with van der Waals surface area (Å²) in [5.41, 5.74) is 9.85. The molecule has 2 aromatic rings. The molecule has 32 heavy (non-hydrogen) atoms. The van der Waals surface area contributed by atoms with E-state index in [0.717, 1.165) is 53.9 Å². The number of hydrogen-bond acceptors (Lipinski definition) is 8. The van der Waals surface area contributed by atoms with Gasteiger partial charge in [-0.1, -0.05) is 0 Å². The Balaban J connectivity index is 1.78. The number of anilines is 1. The van der Waals surface area contributed by atoms with Crippen LogP contribution in [-0.4, -0.2) is 53.1 Å². The van der Waals surface area contributed by atoms with E-state index in [0.29, 0.717) is 18.1 Å². The van der Waals surface area contributed by atoms with Crippen molar-refractivity contribution < 1.29 is 14.6 Å². The van der Waals surface area contributed by atoms with Crippen LogP contribution in [0.25, 0.3) is 11.1 Å². The lowest BCUT2D eigenvalue weighted by atomic mass is 9.91. The number of pyridine rings is 2. The molecule has 0 spiro atoms. The third kappa shape index (κ3) is 4.28. The van der Waals surface area contributed by atoms with Crippen LogP contribution in [-0.2, 0) is 4.74 Å². The molecule has 4 rings (SSSR count). The highest BCUT2D eigenvalue weighted by Gasteiger charge is 2.30. The van der Waals surface area contributed by atoms with Gasteiger partial charge in [0.1, 0.15) is 5.82 Å². The lowest BCUT2D eigenvalue weighted by Crippen LogP contribution is -2.40. The van der Waals surface area contributed by atoms with Gasteiger partial charge in [0.15, 0.2) is 6.29 Å². The first-order chi connectivity index (χ1) is 15.4. The highest BCUT2D eigenvalue weighted by molar-refractivity contribution is 6.05. The summed E-state index contributed by atoms with van der Waals surface area (Å²) in [6.45, 7) is 4.18. The van der Waals surface area contributed by atoms with Crippen LogP contribution >= 0.6 is 0 Å². The summed E-state index contributed by atoms with van der Waals surface area (Å²) in [6, 6.07) is 3.82. The number of aliphatic hydroxyl groups excluding tert-OH is 1. The summed E-state index contributed by atoms with van der Waals surface area (Å²) in [5.74, 6) is 1.26. The van der Waals surface area contributed by atoms with Gasteiger partial charge in [0.05, 0.1) is 26.4 Å². The van der Waals surface area contributed by atoms with Gasteiger partial charge in [0, 0.05) is 40.2 Å². The topological polar surface area (TPSA) is 124 Å². The number of aliphatic hydroxyl groups is 1. The molecule has 2 aliphatic rings. The van der Waals surface area contributed by atoms with Crippen molar-refractivity contribution >= 4 is 11.5 Å². The van der Waals surface area contributed by atoms with Crippen LogP contribution in [0.3, 0.4) is 0 Å². The Morgan fingerprint density at radius 1 is 1.22 bits per heavy atom. The van der Waals surface area contributed by atoms with Crippen molar-refractivity contribution in [1.82, 2.24) is 9.55 Å². The number of hydrogen-bond donors (Lipinski definition) is 3. The Hall–Kier alpha value is -2.75. The van der Waals surface area contributed by atoms with Gasteiger partial charge in [-0.25, -0.2) is 4.98 Å². The molecule has 0 saturated heterocycles. The minimum atomic E-state index is -0.590. The van der Waals surface area contributed by atoms with Crippen molar-refractivity contribution in [3.63, 3.8) is 0 Å². The van der Waals surface area contributed by atoms with Crippen molar-refractivity contribution in [1.29, 1.82) is 0 Å². The number of nitrogens with zero attached hydrogens (tertiary/aromatic N) is 3. The monoisotopic (exact) mass is 441 g/mol. The first-order valence-corrected chi connectivity index (χ1v) is 11.0. The molecule has 9 nitrogen and oxygen atoms in total. The molecular formula is C23H31N5O4. The maximum absolute atomic E-state index is 13.8. The van der Waals surface area contributed by atoms with Gasteiger partial charge in [0.25, 0.3) is 5.56 Å². The number of aliphatic imine (C=N–C) groups is 1. The molecule has 1 fully saturated rings. The number of nitrogens with two attached hydrogens (primary N) is 1. The number of nitrogens with one attached hydrogen (secondary N) is 1. The maximum atomic E-state index is 13.8. The van der Waals surface area contributed by atoms with Crippen LogP contribution < -0.4 is 21.3 Å². The van der Waals surface area contributed by atoms with Crippen molar-refractivity contribution in [3.05, 3.63) is 39.8 Å². The molecule has 2 aromatic heterocycles. The first-order valence-electron chi connectivity index (χ1n) is 11.0. The van der Waals surface area contributed by atoms with Gasteiger partial charge < -0.3 is 19.9 Å². The fourth-order valence-corrected chi connectivity index (χ4v) is 4.68. The summed E-state index contributed by atoms with van der Waals surface area (Å²) in [5, 5.41) is 12.2. The summed E-state index contributed by atoms with van der Waals surface area (Å²) < 4.78 is 12.8. The molecule has 1 unspecified atom stereocenters. The molecule has 3 heterocycles. The van der Waals surface area contributed by atoms with Crippen molar-refractivity contribution in [2.45, 2.75) is 58.0 Å². The van der Waals surface area contributed by atoms with E-state index >= 15 is 0 Å². The van der Waals surface area contributed by atoms with E-state index in [1.54, 1.807) is 13.3 Å². The largest absolute Gasteiger partial charge is 0.481 e. The number of ether oxygens (including phenoxy) is 2. The smallest absolute Gasteiger partial charge is 0.260 e. The van der Waals surface area contributed by atoms with Gasteiger partial charge in [-0.2, -0.15) is 0 Å². The zero-order valence-electron chi connectivity index (χ0n) is 18.8. The quantitative estimate of drug-likeness (QED) is 0.628. The summed E-state index contributed by atoms with van der Waals surface area (Å²) in [6.07, 6.45) is 4.47. The van der Waals surface area contributed by atoms with E-state index in [1.165, 1.54) is 0 Å². The van der Waals surface area contributed by atoms with E-state index in [4.69, 9.17) is 20.3 Å². The standard InChI is InChI=1S/C23H31N5O4/c1-13-10-15(12-25-21(13)31-3)19-11-18-14(2)26-23(24)27-20(18)28(22(19)30)16-4-6-17(7-5-16)32-9-8-29/h10-12,16-17,23,27,29H,4-9,24H2,1-3H3. The van der Waals surface area contributed by atoms with Gasteiger partial charge in [-0.3, -0.25) is 20.1 Å². The zero-order chi connectivity index (χ0) is 22.8. The van der Waals surface area contributed by atoms with Crippen LogP contribution in [0, 0.1) is 6.92 Å². The molecule has 0 bridgehead atoms. The minimum absolute atomic E-state index is 0.0167. The van der Waals surface area contributed by atoms with Crippen LogP contribution in [0.5, 0.6) is 5.88 Å². The number of methoxy groups -OCH3 is 1. The summed E-state index contributed by atoms with van der Waals surface area (Å²) in [7, 11) is 1.58. The van der Waals surface area contributed by atoms with Gasteiger partial charge >= 0.3 is 0 Å². The third-order valence-corrected chi connectivity index (χ3v) is 6.23. The van der Waals surface area contributed by atoms with E-state index in [9.17, 15) is 4.79 Å². The normalized spacial score (nSPS) is 22.7. The Bertz CT molecular complexity index is 1070. The minimum Gasteiger partial charge on any atom is -0.481 e. The maximum Gasteiger partial charge on any atom is 0.260 e. The Labute approximate surface area is 187 Å². The molecule has 1 aliphatic heterocycles. The fourth-order valence-electron chi connectivity index (χ4n) is 4.68. The average Bonchev–Trinajstić information content (AvgIpc) is 2.78. The molecule has 9 heteroatoms. The van der Waals surface area contributed by atoms with Crippen LogP contribution in [0.15, 0.2) is 28.1 Å². The van der Waals surface area contributed by atoms with Crippen LogP contribution in [0.1, 0.15) is 49.8 Å². The highest BCUT2D eigenvalue weighted by Crippen LogP contribution is 2.35. The second-order valence-corrected chi connectivity index (χ2v) is 8.37. The van der Waals surface area contributed by atoms with Gasteiger partial charge in [0.2, 0.25) is 5.88 Å². The van der Waals surface area contributed by atoms with Gasteiger partial charge in [-0.05, 0) is 51.7 Å². The molecule has 4 N–H and O–H groups in total. The Kier molecular flexibility index (Phi) is 6.59. The molecule has 1 saturated carbocycles. The summed E-state index contributed by atoms with van der Waals surface area (Å²) >= 11 is 0. The molecular weight excluding hydrogens is 410 g/mol. The lowest BCUT2D eigenvalue weighted by molar-refractivity contribution is 0.00155. The van der Waals surface area contributed by atoms with Crippen LogP contribution in [0.2, 0.25) is 0 Å². The van der Waals surface area contributed by atoms with Crippen molar-refractivity contribution in [3.8, 4) is 17.0 Å². The third-order valence-electron chi connectivity index (χ3n) is 6.23. The number of aromatic nitrogens is 2. The molecule has 0 amide bonds. The SMILES string of the molecule is COc1ncc(-c2cc3c(n(C4CCC(OCCO)CC4)c2=O)NC(N)N=C3C)cc1C. The predicted octanol–water partition coefficient (Wildman–Crippen LogP) is 2.20. The molecule has 1 atom stereocenters. The molecule has 172 valence electrons. The van der Waals surface area contributed by atoms with E-state index in [1.807, 2.05) is 30.5 Å². The second-order valence-electron chi connectivity index (χ2n) is 8.37. The van der Waals surface area contributed by atoms with Crippen molar-refractivity contribution in [2.75, 3.05) is 25.6 Å². The summed E-state index contributed by atoms with van der Waals surface area (Å²) in [4.78, 5) is 22.6. The molecule has 0 radical (unpaired) electrons. The van der Waals surface area contributed by atoms with E-state index in [2.05, 4.69) is 15.3 Å². The zero-order valence-corrected chi connectivity index (χ0v) is 18.8. The predicted molar refractivity (Wildman–Crippen MR) is 123 cm³/mol. The highest BCUT2D eigenvalue weighted by atomic mass is 16.5. The fraction of sp³-hybridized carbons (Fsp3) is 0.522. The second kappa shape index (κ2) is 9.40. The molecule has 1 aliphatic carbocycles. The molecule has 0 aromatic carbocycles. The Morgan fingerprint density at radius 2 is 1.97 bits per heavy atom. The van der Waals surface area contributed by atoms with E-state index in [-0.39, 0.29) is 24.3 Å². The first kappa shape index (κ1) is 22.4. The number of aryl methyl sites for hydroxylation is 1. The van der Waals surface area contributed by atoms with Gasteiger partial charge in [-0.15, -0.1) is 0 Å². The average molecular weight is 442 g/mol. The number of fused-ring (bicyclic) bond motifs is 1. The van der Waals surface area contributed by atoms with Crippen LogP contribution in [0.4, 0.5) is 5.82 Å². The Morgan fingerprint density at radius 3 is 2.62 bits per heavy atom.